The molecule has 0 bridgehead atoms. The summed E-state index contributed by atoms with van der Waals surface area (Å²) in [4.78, 5) is 30.5. The molecular weight excluding hydrogens is 320 g/mol. The fraction of sp³-hybridized carbons (Fsp3) is 0.500. The van der Waals surface area contributed by atoms with E-state index in [4.69, 9.17) is 15.4 Å². The van der Waals surface area contributed by atoms with Crippen LogP contribution in [0.15, 0.2) is 11.1 Å². The number of hydrogen-bond donors (Lipinski definition) is 3. The first kappa shape index (κ1) is 15.1. The molecule has 120 valence electrons. The van der Waals surface area contributed by atoms with Gasteiger partial charge in [0.05, 0.1) is 12.9 Å². The predicted molar refractivity (Wildman–Crippen MR) is 73.2 cm³/mol. The molecule has 1 unspecified atom stereocenters. The Morgan fingerprint density at radius 1 is 1.68 bits per heavy atom. The fourth-order valence-electron chi connectivity index (χ4n) is 2.32. The summed E-state index contributed by atoms with van der Waals surface area (Å²) in [6.45, 7) is -0.339. The Morgan fingerprint density at radius 3 is 3.18 bits per heavy atom. The molecule has 4 N–H and O–H groups in total. The van der Waals surface area contributed by atoms with E-state index < -0.39 is 32.3 Å². The van der Waals surface area contributed by atoms with Gasteiger partial charge in [0.25, 0.3) is 5.56 Å². The third-order valence-corrected chi connectivity index (χ3v) is 3.71. The monoisotopic (exact) mass is 333 g/mol. The number of aromatic amines is 1. The predicted octanol–water partition coefficient (Wildman–Crippen LogP) is -0.274. The van der Waals surface area contributed by atoms with Crippen molar-refractivity contribution >= 4 is 25.4 Å². The molecule has 1 aliphatic rings. The Kier molecular flexibility index (Phi) is 3.96. The molecule has 22 heavy (non-hydrogen) atoms. The van der Waals surface area contributed by atoms with E-state index in [2.05, 4.69) is 19.5 Å². The number of nitrogen functional groups attached to an aromatic ring is 1. The maximum atomic E-state index is 13.9. The molecule has 1 saturated heterocycles. The molecule has 10 nitrogen and oxygen atoms in total. The van der Waals surface area contributed by atoms with Gasteiger partial charge in [0.15, 0.2) is 11.2 Å². The zero-order chi connectivity index (χ0) is 15.9. The van der Waals surface area contributed by atoms with Crippen LogP contribution < -0.4 is 11.3 Å². The van der Waals surface area contributed by atoms with E-state index in [-0.39, 0.29) is 30.1 Å². The lowest BCUT2D eigenvalue weighted by molar-refractivity contribution is -0.0275. The third kappa shape index (κ3) is 2.75. The smallest absolute Gasteiger partial charge is 0.316 e. The van der Waals surface area contributed by atoms with Gasteiger partial charge in [-0.25, -0.2) is 9.37 Å². The normalized spacial score (nSPS) is 26.5. The van der Waals surface area contributed by atoms with Gasteiger partial charge in [-0.2, -0.15) is 4.98 Å². The van der Waals surface area contributed by atoms with E-state index in [1.807, 2.05) is 0 Å². The van der Waals surface area contributed by atoms with Crippen LogP contribution in [-0.2, 0) is 13.8 Å². The number of hydrogen-bond acceptors (Lipinski definition) is 7. The number of rotatable bonds is 4. The van der Waals surface area contributed by atoms with Crippen molar-refractivity contribution in [1.82, 2.24) is 19.5 Å². The second kappa shape index (κ2) is 5.76. The average Bonchev–Trinajstić information content (AvgIpc) is 3.00. The fourth-order valence-corrected chi connectivity index (χ4v) is 2.62. The van der Waals surface area contributed by atoms with Crippen molar-refractivity contribution in [2.24, 2.45) is 0 Å². The number of nitrogens with zero attached hydrogens (tertiary/aromatic N) is 3. The number of halogens is 1. The number of aromatic nitrogens is 4. The summed E-state index contributed by atoms with van der Waals surface area (Å²) in [5.74, 6) is -0.0900. The Bertz CT molecular complexity index is 779. The van der Waals surface area contributed by atoms with Gasteiger partial charge in [-0.1, -0.05) is 0 Å². The van der Waals surface area contributed by atoms with Gasteiger partial charge in [-0.05, 0) is 0 Å². The zero-order valence-corrected chi connectivity index (χ0v) is 12.1. The Morgan fingerprint density at radius 2 is 2.45 bits per heavy atom. The molecule has 0 aromatic carbocycles. The lowest BCUT2D eigenvalue weighted by Gasteiger charge is -2.14. The summed E-state index contributed by atoms with van der Waals surface area (Å²) in [6.07, 6.45) is -1.85. The number of H-pyrrole nitrogens is 1. The van der Waals surface area contributed by atoms with E-state index in [9.17, 15) is 13.8 Å². The van der Waals surface area contributed by atoms with Crippen LogP contribution in [0.25, 0.3) is 11.2 Å². The highest BCUT2D eigenvalue weighted by Crippen LogP contribution is 2.33. The number of imidazole rings is 1. The van der Waals surface area contributed by atoms with Gasteiger partial charge in [-0.15, -0.1) is 0 Å². The van der Waals surface area contributed by atoms with Crippen LogP contribution in [-0.4, -0.2) is 43.3 Å². The van der Waals surface area contributed by atoms with E-state index in [1.165, 1.54) is 10.9 Å². The molecule has 4 atom stereocenters. The van der Waals surface area contributed by atoms with Crippen LogP contribution in [0.5, 0.6) is 0 Å². The van der Waals surface area contributed by atoms with Crippen molar-refractivity contribution in [3.63, 3.8) is 0 Å². The van der Waals surface area contributed by atoms with Crippen LogP contribution in [0.4, 0.5) is 10.3 Å². The van der Waals surface area contributed by atoms with Crippen molar-refractivity contribution < 1.29 is 23.1 Å². The minimum atomic E-state index is -3.15. The average molecular weight is 333 g/mol. The van der Waals surface area contributed by atoms with Crippen LogP contribution >= 0.6 is 8.25 Å². The van der Waals surface area contributed by atoms with Gasteiger partial charge in [0, 0.05) is 6.42 Å². The summed E-state index contributed by atoms with van der Waals surface area (Å²) in [6, 6.07) is 0. The summed E-state index contributed by atoms with van der Waals surface area (Å²) in [5, 5.41) is 0. The van der Waals surface area contributed by atoms with E-state index in [0.29, 0.717) is 0 Å². The van der Waals surface area contributed by atoms with E-state index in [1.54, 1.807) is 0 Å². The first-order valence-corrected chi connectivity index (χ1v) is 7.59. The maximum Gasteiger partial charge on any atom is 0.316 e. The van der Waals surface area contributed by atoms with Crippen molar-refractivity contribution in [1.29, 1.82) is 0 Å². The van der Waals surface area contributed by atoms with Gasteiger partial charge in [0.2, 0.25) is 5.95 Å². The molecule has 12 heteroatoms. The summed E-state index contributed by atoms with van der Waals surface area (Å²) in [5.41, 5.74) is 5.22. The highest BCUT2D eigenvalue weighted by Gasteiger charge is 2.37. The lowest BCUT2D eigenvalue weighted by atomic mass is 10.2. The molecular formula is C10H13FN5O5P. The number of anilines is 1. The Hall–Kier alpha value is -1.81. The number of ether oxygens (including phenoxy) is 1. The van der Waals surface area contributed by atoms with Gasteiger partial charge in [0.1, 0.15) is 18.5 Å². The molecule has 3 heterocycles. The zero-order valence-electron chi connectivity index (χ0n) is 11.1. The van der Waals surface area contributed by atoms with Crippen molar-refractivity contribution in [2.75, 3.05) is 12.3 Å². The molecule has 2 aromatic heterocycles. The van der Waals surface area contributed by atoms with E-state index >= 15 is 0 Å². The molecule has 1 aliphatic heterocycles. The molecule has 1 fully saturated rings. The van der Waals surface area contributed by atoms with Crippen LogP contribution in [0.3, 0.4) is 0 Å². The minimum absolute atomic E-state index is 0.0275. The highest BCUT2D eigenvalue weighted by molar-refractivity contribution is 7.32. The standard InChI is InChI=1S/C10H13FN5O5P/c11-4-1-6(21-5(4)2-20-22(18)19)16-3-13-7-8(16)14-10(12)15-9(7)17/h3-6,22H,1-2H2,(H,18,19)(H3,12,14,15,17)/t4-,5+,6+/m0/s1. The number of nitrogens with two attached hydrogens (primary N) is 1. The quantitative estimate of drug-likeness (QED) is 0.648. The van der Waals surface area contributed by atoms with Crippen LogP contribution in [0, 0.1) is 0 Å². The van der Waals surface area contributed by atoms with Gasteiger partial charge < -0.3 is 19.9 Å². The second-order valence-electron chi connectivity index (χ2n) is 4.73. The van der Waals surface area contributed by atoms with Crippen LogP contribution in [0.2, 0.25) is 0 Å². The summed E-state index contributed by atoms with van der Waals surface area (Å²) >= 11 is 0. The molecule has 3 rings (SSSR count). The van der Waals surface area contributed by atoms with E-state index in [0.717, 1.165) is 0 Å². The Labute approximate surface area is 123 Å². The number of alkyl halides is 1. The van der Waals surface area contributed by atoms with Crippen molar-refractivity contribution in [3.05, 3.63) is 16.7 Å². The molecule has 2 aromatic rings. The molecule has 0 aliphatic carbocycles. The molecule has 0 radical (unpaired) electrons. The highest BCUT2D eigenvalue weighted by atomic mass is 31.1. The van der Waals surface area contributed by atoms with Crippen LogP contribution in [0.1, 0.15) is 12.6 Å². The summed E-state index contributed by atoms with van der Waals surface area (Å²) in [7, 11) is -3.15. The maximum absolute atomic E-state index is 13.9. The first-order chi connectivity index (χ1) is 10.5. The molecule has 0 spiro atoms. The molecule has 0 saturated carbocycles. The lowest BCUT2D eigenvalue weighted by Crippen LogP contribution is -2.22. The summed E-state index contributed by atoms with van der Waals surface area (Å²) < 4.78 is 35.8. The SMILES string of the molecule is Nc1nc2c(ncn2[C@H]2C[C@H](F)[C@@H](CO[PH](=O)O)O2)c(=O)[nH]1. The Balaban J connectivity index is 1.86. The third-order valence-electron chi connectivity index (χ3n) is 3.29. The van der Waals surface area contributed by atoms with Crippen molar-refractivity contribution in [3.8, 4) is 0 Å². The molecule has 0 amide bonds. The van der Waals surface area contributed by atoms with Crippen molar-refractivity contribution in [2.45, 2.75) is 24.9 Å². The largest absolute Gasteiger partial charge is 0.369 e. The topological polar surface area (TPSA) is 145 Å². The van der Waals surface area contributed by atoms with Gasteiger partial charge >= 0.3 is 8.25 Å². The number of nitrogens with one attached hydrogen (secondary N) is 1. The minimum Gasteiger partial charge on any atom is -0.369 e. The first-order valence-electron chi connectivity index (χ1n) is 6.33. The number of fused-ring (bicyclic) bond motifs is 1. The second-order valence-corrected chi connectivity index (χ2v) is 5.55. The van der Waals surface area contributed by atoms with Gasteiger partial charge in [-0.3, -0.25) is 18.9 Å².